The largest absolute Gasteiger partial charge is 0.414 e. The van der Waals surface area contributed by atoms with Gasteiger partial charge in [0.15, 0.2) is 6.10 Å². The molecule has 0 spiro atoms. The molecule has 0 bridgehead atoms. The van der Waals surface area contributed by atoms with Gasteiger partial charge in [-0.25, -0.2) is 0 Å². The Bertz CT molecular complexity index is 214. The zero-order valence-electron chi connectivity index (χ0n) is 9.86. The molecule has 16 heavy (non-hydrogen) atoms. The Morgan fingerprint density at radius 3 is 2.38 bits per heavy atom. The van der Waals surface area contributed by atoms with E-state index in [4.69, 9.17) is 4.74 Å². The summed E-state index contributed by atoms with van der Waals surface area (Å²) in [4.78, 5) is 0. The highest BCUT2D eigenvalue weighted by Crippen LogP contribution is 2.41. The summed E-state index contributed by atoms with van der Waals surface area (Å²) < 4.78 is 42.4. The predicted octanol–water partition coefficient (Wildman–Crippen LogP) is 2.88. The van der Waals surface area contributed by atoms with Gasteiger partial charge in [0.05, 0.1) is 5.60 Å². The van der Waals surface area contributed by atoms with Crippen LogP contribution in [0, 0.1) is 0 Å². The van der Waals surface area contributed by atoms with E-state index in [1.807, 2.05) is 6.92 Å². The summed E-state index contributed by atoms with van der Waals surface area (Å²) >= 11 is 0. The van der Waals surface area contributed by atoms with Gasteiger partial charge in [0.25, 0.3) is 0 Å². The Hall–Kier alpha value is -0.290. The van der Waals surface area contributed by atoms with E-state index in [2.05, 4.69) is 5.32 Å². The maximum Gasteiger partial charge on any atom is 0.414 e. The van der Waals surface area contributed by atoms with Gasteiger partial charge >= 0.3 is 6.18 Å². The number of hydrogen-bond acceptors (Lipinski definition) is 2. The summed E-state index contributed by atoms with van der Waals surface area (Å²) in [5.74, 6) is 0. The normalized spacial score (nSPS) is 21.6. The molecule has 0 heterocycles. The smallest absolute Gasteiger partial charge is 0.363 e. The fraction of sp³-hybridized carbons (Fsp3) is 1.00. The van der Waals surface area contributed by atoms with Crippen LogP contribution in [0.4, 0.5) is 13.2 Å². The molecule has 1 fully saturated rings. The van der Waals surface area contributed by atoms with Crippen LogP contribution < -0.4 is 5.32 Å². The quantitative estimate of drug-likeness (QED) is 0.720. The van der Waals surface area contributed by atoms with E-state index in [1.54, 1.807) is 0 Å². The van der Waals surface area contributed by atoms with Crippen molar-refractivity contribution < 1.29 is 17.9 Å². The Morgan fingerprint density at radius 1 is 1.38 bits per heavy atom. The van der Waals surface area contributed by atoms with Crippen molar-refractivity contribution in [2.24, 2.45) is 0 Å². The Morgan fingerprint density at radius 2 is 2.00 bits per heavy atom. The molecule has 1 unspecified atom stereocenters. The van der Waals surface area contributed by atoms with Gasteiger partial charge in [0, 0.05) is 0 Å². The molecule has 1 N–H and O–H groups in total. The highest BCUT2D eigenvalue weighted by molar-refractivity contribution is 4.91. The number of ether oxygens (including phenoxy) is 1. The third-order valence-corrected chi connectivity index (χ3v) is 3.16. The van der Waals surface area contributed by atoms with Crippen LogP contribution in [0.3, 0.4) is 0 Å². The third-order valence-electron chi connectivity index (χ3n) is 3.16. The van der Waals surface area contributed by atoms with Crippen molar-refractivity contribution in [2.45, 2.75) is 57.4 Å². The maximum absolute atomic E-state index is 12.4. The van der Waals surface area contributed by atoms with Gasteiger partial charge in [0.1, 0.15) is 0 Å². The Labute approximate surface area is 94.5 Å². The summed E-state index contributed by atoms with van der Waals surface area (Å²) in [5.41, 5.74) is -0.531. The molecule has 1 rings (SSSR count). The first-order valence-electron chi connectivity index (χ1n) is 5.85. The molecule has 0 aliphatic heterocycles. The number of rotatable bonds is 6. The molecular weight excluding hydrogens is 219 g/mol. The zero-order valence-corrected chi connectivity index (χ0v) is 9.86. The summed E-state index contributed by atoms with van der Waals surface area (Å²) in [7, 11) is 0. The minimum atomic E-state index is -4.25. The molecule has 1 aliphatic carbocycles. The van der Waals surface area contributed by atoms with Crippen molar-refractivity contribution >= 4 is 0 Å². The fourth-order valence-corrected chi connectivity index (χ4v) is 1.93. The molecule has 1 aliphatic rings. The van der Waals surface area contributed by atoms with Crippen LogP contribution in [0.1, 0.15) is 39.5 Å². The van der Waals surface area contributed by atoms with Gasteiger partial charge in [-0.05, 0) is 45.7 Å². The van der Waals surface area contributed by atoms with Gasteiger partial charge in [-0.3, -0.25) is 0 Å². The van der Waals surface area contributed by atoms with E-state index in [-0.39, 0.29) is 0 Å². The molecule has 1 saturated carbocycles. The van der Waals surface area contributed by atoms with Crippen molar-refractivity contribution in [1.29, 1.82) is 0 Å². The van der Waals surface area contributed by atoms with E-state index in [0.717, 1.165) is 39.3 Å². The highest BCUT2D eigenvalue weighted by Gasteiger charge is 2.45. The monoisotopic (exact) mass is 239 g/mol. The van der Waals surface area contributed by atoms with Crippen LogP contribution >= 0.6 is 0 Å². The van der Waals surface area contributed by atoms with Crippen LogP contribution in [-0.2, 0) is 4.74 Å². The summed E-state index contributed by atoms with van der Waals surface area (Å²) in [6, 6.07) is 0. The highest BCUT2D eigenvalue weighted by atomic mass is 19.4. The van der Waals surface area contributed by atoms with E-state index in [1.165, 1.54) is 0 Å². The van der Waals surface area contributed by atoms with E-state index in [9.17, 15) is 13.2 Å². The van der Waals surface area contributed by atoms with Gasteiger partial charge in [-0.15, -0.1) is 0 Å². The zero-order chi connectivity index (χ0) is 12.2. The second-order valence-corrected chi connectivity index (χ2v) is 4.44. The molecule has 0 amide bonds. The van der Waals surface area contributed by atoms with Crippen LogP contribution in [0.5, 0.6) is 0 Å². The summed E-state index contributed by atoms with van der Waals surface area (Å²) in [6.07, 6.45) is -2.77. The first-order valence-corrected chi connectivity index (χ1v) is 5.85. The lowest BCUT2D eigenvalue weighted by atomic mass is 9.77. The molecule has 0 aromatic rings. The summed E-state index contributed by atoms with van der Waals surface area (Å²) in [6.45, 7) is 4.63. The molecule has 0 radical (unpaired) electrons. The molecule has 0 saturated heterocycles. The number of alkyl halides is 3. The molecule has 2 nitrogen and oxygen atoms in total. The van der Waals surface area contributed by atoms with E-state index in [0.29, 0.717) is 6.42 Å². The van der Waals surface area contributed by atoms with Crippen molar-refractivity contribution in [3.8, 4) is 0 Å². The number of hydrogen-bond donors (Lipinski definition) is 1. The minimum Gasteiger partial charge on any atom is -0.363 e. The molecule has 96 valence electrons. The van der Waals surface area contributed by atoms with Crippen molar-refractivity contribution in [1.82, 2.24) is 5.32 Å². The van der Waals surface area contributed by atoms with Gasteiger partial charge in [0.2, 0.25) is 0 Å². The average Bonchev–Trinajstić information content (AvgIpc) is 2.12. The topological polar surface area (TPSA) is 21.3 Å². The van der Waals surface area contributed by atoms with Crippen LogP contribution in [-0.4, -0.2) is 31.0 Å². The first-order chi connectivity index (χ1) is 7.40. The van der Waals surface area contributed by atoms with Crippen LogP contribution in [0.15, 0.2) is 0 Å². The molecule has 5 heteroatoms. The minimum absolute atomic E-state index is 0.531. The van der Waals surface area contributed by atoms with Gasteiger partial charge in [-0.2, -0.15) is 13.2 Å². The second-order valence-electron chi connectivity index (χ2n) is 4.44. The van der Waals surface area contributed by atoms with E-state index < -0.39 is 17.9 Å². The van der Waals surface area contributed by atoms with Gasteiger partial charge < -0.3 is 10.1 Å². The van der Waals surface area contributed by atoms with Crippen molar-refractivity contribution in [3.63, 3.8) is 0 Å². The van der Waals surface area contributed by atoms with Crippen molar-refractivity contribution in [2.75, 3.05) is 13.1 Å². The molecular formula is C11H20F3NO. The van der Waals surface area contributed by atoms with Crippen LogP contribution in [0.2, 0.25) is 0 Å². The number of nitrogens with one attached hydrogen (secondary N) is 1. The SMILES string of the molecule is CCNCCC1(OC(C)C(F)(F)F)CCC1. The lowest BCUT2D eigenvalue weighted by Gasteiger charge is -2.44. The second kappa shape index (κ2) is 5.36. The van der Waals surface area contributed by atoms with Crippen molar-refractivity contribution in [3.05, 3.63) is 0 Å². The fourth-order valence-electron chi connectivity index (χ4n) is 1.93. The maximum atomic E-state index is 12.4. The van der Waals surface area contributed by atoms with Crippen LogP contribution in [0.25, 0.3) is 0 Å². The first kappa shape index (κ1) is 13.8. The third kappa shape index (κ3) is 3.63. The lowest BCUT2D eigenvalue weighted by molar-refractivity contribution is -0.261. The summed E-state index contributed by atoms with van der Waals surface area (Å²) in [5, 5.41) is 3.12. The lowest BCUT2D eigenvalue weighted by Crippen LogP contribution is -2.47. The average molecular weight is 239 g/mol. The van der Waals surface area contributed by atoms with Gasteiger partial charge in [-0.1, -0.05) is 6.92 Å². The predicted molar refractivity (Wildman–Crippen MR) is 56.3 cm³/mol. The molecule has 0 aromatic carbocycles. The molecule has 1 atom stereocenters. The Kier molecular flexibility index (Phi) is 4.62. The standard InChI is InChI=1S/C11H20F3NO/c1-3-15-8-7-10(5-4-6-10)16-9(2)11(12,13)14/h9,15H,3-8H2,1-2H3. The number of halogens is 3. The molecule has 0 aromatic heterocycles. The van der Waals surface area contributed by atoms with E-state index >= 15 is 0 Å². The Balaban J connectivity index is 2.41.